The van der Waals surface area contributed by atoms with Crippen molar-refractivity contribution in [3.8, 4) is 5.75 Å². The zero-order valence-electron chi connectivity index (χ0n) is 12.5. The van der Waals surface area contributed by atoms with Crippen molar-refractivity contribution in [2.45, 2.75) is 48.0 Å². The number of hydrogen-bond acceptors (Lipinski definition) is 4. The van der Waals surface area contributed by atoms with Crippen molar-refractivity contribution in [2.24, 2.45) is 5.92 Å². The van der Waals surface area contributed by atoms with Crippen LogP contribution in [0.5, 0.6) is 5.75 Å². The van der Waals surface area contributed by atoms with Crippen LogP contribution in [0.15, 0.2) is 29.2 Å². The third-order valence-electron chi connectivity index (χ3n) is 4.75. The number of ether oxygens (including phenoxy) is 2. The van der Waals surface area contributed by atoms with Gasteiger partial charge in [0.05, 0.1) is 34.9 Å². The highest BCUT2D eigenvalue weighted by Gasteiger charge is 2.71. The molecule has 2 aliphatic rings. The Balaban J connectivity index is 1.85. The zero-order valence-corrected chi connectivity index (χ0v) is 13.3. The molecule has 2 fully saturated rings. The van der Waals surface area contributed by atoms with Gasteiger partial charge in [-0.1, -0.05) is 6.92 Å². The number of methoxy groups -OCH3 is 1. The van der Waals surface area contributed by atoms with Crippen LogP contribution in [0.25, 0.3) is 0 Å². The van der Waals surface area contributed by atoms with Gasteiger partial charge < -0.3 is 14.6 Å². The van der Waals surface area contributed by atoms with E-state index in [1.54, 1.807) is 7.11 Å². The SMILES string of the molecule is CC[C@@H]1O[C@H](CCO)[C@]2(S(=O)c3ccc(OC)cc3)C[C@H]12. The Morgan fingerprint density at radius 1 is 1.43 bits per heavy atom. The summed E-state index contributed by atoms with van der Waals surface area (Å²) in [7, 11) is 0.515. The van der Waals surface area contributed by atoms with Crippen molar-refractivity contribution >= 4 is 10.8 Å². The highest BCUT2D eigenvalue weighted by atomic mass is 32.2. The Labute approximate surface area is 127 Å². The summed E-state index contributed by atoms with van der Waals surface area (Å²) >= 11 is 0. The first kappa shape index (κ1) is 15.0. The summed E-state index contributed by atoms with van der Waals surface area (Å²) in [5.74, 6) is 1.13. The minimum absolute atomic E-state index is 0.0788. The molecule has 0 bridgehead atoms. The molecular formula is C16H22O4S. The number of rotatable bonds is 6. The lowest BCUT2D eigenvalue weighted by atomic mass is 10.1. The quantitative estimate of drug-likeness (QED) is 0.874. The third kappa shape index (κ3) is 2.31. The fourth-order valence-corrected chi connectivity index (χ4v) is 5.58. The highest BCUT2D eigenvalue weighted by Crippen LogP contribution is 2.62. The molecule has 1 aromatic rings. The molecule has 5 heteroatoms. The summed E-state index contributed by atoms with van der Waals surface area (Å²) in [4.78, 5) is 0.821. The Kier molecular flexibility index (Phi) is 4.08. The van der Waals surface area contributed by atoms with Gasteiger partial charge in [0.1, 0.15) is 5.75 Å². The van der Waals surface area contributed by atoms with Crippen LogP contribution >= 0.6 is 0 Å². The van der Waals surface area contributed by atoms with Gasteiger partial charge in [0, 0.05) is 17.4 Å². The first-order chi connectivity index (χ1) is 10.2. The molecule has 0 amide bonds. The smallest absolute Gasteiger partial charge is 0.118 e. The lowest BCUT2D eigenvalue weighted by molar-refractivity contribution is 0.00394. The molecule has 1 saturated heterocycles. The maximum atomic E-state index is 13.1. The van der Waals surface area contributed by atoms with E-state index >= 15 is 0 Å². The van der Waals surface area contributed by atoms with Gasteiger partial charge in [-0.3, -0.25) is 4.21 Å². The van der Waals surface area contributed by atoms with Crippen molar-refractivity contribution < 1.29 is 18.8 Å². The summed E-state index contributed by atoms with van der Waals surface area (Å²) in [6, 6.07) is 7.42. The molecule has 4 nitrogen and oxygen atoms in total. The number of aliphatic hydroxyl groups is 1. The van der Waals surface area contributed by atoms with E-state index in [1.165, 1.54) is 0 Å². The van der Waals surface area contributed by atoms with Crippen molar-refractivity contribution in [2.75, 3.05) is 13.7 Å². The van der Waals surface area contributed by atoms with Crippen LogP contribution in [0.3, 0.4) is 0 Å². The predicted molar refractivity (Wildman–Crippen MR) is 80.9 cm³/mol. The molecule has 0 spiro atoms. The second-order valence-electron chi connectivity index (χ2n) is 5.79. The van der Waals surface area contributed by atoms with E-state index in [2.05, 4.69) is 6.92 Å². The van der Waals surface area contributed by atoms with E-state index in [-0.39, 0.29) is 23.6 Å². The van der Waals surface area contributed by atoms with Crippen molar-refractivity contribution in [3.05, 3.63) is 24.3 Å². The molecule has 21 heavy (non-hydrogen) atoms. The van der Waals surface area contributed by atoms with Crippen LogP contribution in [0.1, 0.15) is 26.2 Å². The molecular weight excluding hydrogens is 288 g/mol. The molecule has 0 radical (unpaired) electrons. The normalized spacial score (nSPS) is 35.3. The van der Waals surface area contributed by atoms with E-state index in [9.17, 15) is 9.32 Å². The minimum atomic E-state index is -1.11. The molecule has 1 saturated carbocycles. The Morgan fingerprint density at radius 3 is 2.71 bits per heavy atom. The van der Waals surface area contributed by atoms with Crippen LogP contribution < -0.4 is 4.74 Å². The van der Waals surface area contributed by atoms with Gasteiger partial charge in [0.25, 0.3) is 0 Å². The molecule has 1 unspecified atom stereocenters. The van der Waals surface area contributed by atoms with E-state index in [0.29, 0.717) is 12.3 Å². The van der Waals surface area contributed by atoms with Crippen molar-refractivity contribution in [1.29, 1.82) is 0 Å². The largest absolute Gasteiger partial charge is 0.497 e. The molecule has 0 aromatic heterocycles. The molecule has 1 aliphatic heterocycles. The van der Waals surface area contributed by atoms with Gasteiger partial charge in [-0.2, -0.15) is 0 Å². The number of benzene rings is 1. The zero-order chi connectivity index (χ0) is 15.0. The van der Waals surface area contributed by atoms with Gasteiger partial charge in [-0.15, -0.1) is 0 Å². The molecule has 3 rings (SSSR count). The van der Waals surface area contributed by atoms with Crippen LogP contribution in [0.2, 0.25) is 0 Å². The Bertz CT molecular complexity index is 530. The Hall–Kier alpha value is -0.910. The standard InChI is InChI=1S/C16H22O4S/c1-3-14-13-10-16(13,15(20-14)8-9-17)21(18)12-6-4-11(19-2)5-7-12/h4-7,13-15,17H,3,8-10H2,1-2H3/t13-,14+,15-,16+,21?/m1/s1. The minimum Gasteiger partial charge on any atom is -0.497 e. The van der Waals surface area contributed by atoms with E-state index < -0.39 is 10.8 Å². The van der Waals surface area contributed by atoms with Gasteiger partial charge in [0.15, 0.2) is 0 Å². The van der Waals surface area contributed by atoms with E-state index in [1.807, 2.05) is 24.3 Å². The summed E-state index contributed by atoms with van der Waals surface area (Å²) in [5, 5.41) is 9.26. The molecule has 5 atom stereocenters. The van der Waals surface area contributed by atoms with Crippen molar-refractivity contribution in [1.82, 2.24) is 0 Å². The van der Waals surface area contributed by atoms with Gasteiger partial charge in [0.2, 0.25) is 0 Å². The van der Waals surface area contributed by atoms with Crippen LogP contribution in [-0.2, 0) is 15.5 Å². The second-order valence-corrected chi connectivity index (χ2v) is 7.56. The first-order valence-corrected chi connectivity index (χ1v) is 8.64. The monoisotopic (exact) mass is 310 g/mol. The van der Waals surface area contributed by atoms with Crippen LogP contribution in [0, 0.1) is 5.92 Å². The third-order valence-corrected chi connectivity index (χ3v) is 6.87. The fourth-order valence-electron chi connectivity index (χ4n) is 3.58. The van der Waals surface area contributed by atoms with Gasteiger partial charge in [-0.25, -0.2) is 0 Å². The Morgan fingerprint density at radius 2 is 2.14 bits per heavy atom. The summed E-state index contributed by atoms with van der Waals surface area (Å²) < 4.78 is 23.9. The molecule has 1 aliphatic carbocycles. The lowest BCUT2D eigenvalue weighted by Crippen LogP contribution is -2.33. The first-order valence-electron chi connectivity index (χ1n) is 7.49. The van der Waals surface area contributed by atoms with E-state index in [0.717, 1.165) is 23.5 Å². The van der Waals surface area contributed by atoms with Gasteiger partial charge >= 0.3 is 0 Å². The predicted octanol–water partition coefficient (Wildman–Crippen LogP) is 2.12. The second kappa shape index (κ2) is 5.71. The van der Waals surface area contributed by atoms with Crippen LogP contribution in [0.4, 0.5) is 0 Å². The summed E-state index contributed by atoms with van der Waals surface area (Å²) in [6.07, 6.45) is 2.53. The molecule has 1 N–H and O–H groups in total. The average molecular weight is 310 g/mol. The maximum Gasteiger partial charge on any atom is 0.118 e. The van der Waals surface area contributed by atoms with E-state index in [4.69, 9.17) is 9.47 Å². The van der Waals surface area contributed by atoms with Crippen LogP contribution in [-0.4, -0.2) is 40.0 Å². The summed E-state index contributed by atoms with van der Waals surface area (Å²) in [5.41, 5.74) is 0. The maximum absolute atomic E-state index is 13.1. The molecule has 1 heterocycles. The average Bonchev–Trinajstić information content (AvgIpc) is 3.20. The number of hydrogen-bond donors (Lipinski definition) is 1. The summed E-state index contributed by atoms with van der Waals surface area (Å²) in [6.45, 7) is 2.18. The topological polar surface area (TPSA) is 55.8 Å². The van der Waals surface area contributed by atoms with Gasteiger partial charge in [-0.05, 0) is 43.5 Å². The number of fused-ring (bicyclic) bond motifs is 1. The number of aliphatic hydroxyl groups excluding tert-OH is 1. The molecule has 1 aromatic carbocycles. The fraction of sp³-hybridized carbons (Fsp3) is 0.625. The lowest BCUT2D eigenvalue weighted by Gasteiger charge is -2.22. The molecule has 116 valence electrons. The van der Waals surface area contributed by atoms with Crippen molar-refractivity contribution in [3.63, 3.8) is 0 Å². The highest BCUT2D eigenvalue weighted by molar-refractivity contribution is 7.87.